The Morgan fingerprint density at radius 3 is 2.15 bits per heavy atom. The van der Waals surface area contributed by atoms with Crippen LogP contribution < -0.4 is 29.6 Å². The summed E-state index contributed by atoms with van der Waals surface area (Å²) in [5.41, 5.74) is 5.27. The van der Waals surface area contributed by atoms with Crippen LogP contribution in [0.25, 0.3) is 11.1 Å². The molecule has 4 rings (SSSR count). The van der Waals surface area contributed by atoms with E-state index in [4.69, 9.17) is 4.74 Å². The largest absolute Gasteiger partial charge is 1.00 e. The number of halogens is 2. The molecule has 0 unspecified atom stereocenters. The van der Waals surface area contributed by atoms with Gasteiger partial charge >= 0.3 is 41.3 Å². The van der Waals surface area contributed by atoms with Crippen LogP contribution >= 0.6 is 0 Å². The number of fused-ring (bicyclic) bond motifs is 3. The molecule has 0 atom stereocenters. The molecule has 0 fully saturated rings. The second-order valence-corrected chi connectivity index (χ2v) is 8.16. The van der Waals surface area contributed by atoms with E-state index in [0.29, 0.717) is 0 Å². The maximum absolute atomic E-state index is 5.33. The molecule has 0 amide bonds. The molecule has 1 aliphatic carbocycles. The monoisotopic (exact) mass is 462 g/mol. The van der Waals surface area contributed by atoms with E-state index in [1.165, 1.54) is 25.5 Å². The van der Waals surface area contributed by atoms with Gasteiger partial charge in [0.2, 0.25) is 0 Å². The molecule has 0 saturated heterocycles. The number of methoxy groups -OCH3 is 1. The van der Waals surface area contributed by atoms with E-state index in [-0.39, 0.29) is 24.8 Å². The van der Waals surface area contributed by atoms with Crippen LogP contribution in [0.4, 0.5) is 0 Å². The van der Waals surface area contributed by atoms with Crippen LogP contribution in [-0.4, -0.2) is 10.3 Å². The quantitative estimate of drug-likeness (QED) is 0.336. The Morgan fingerprint density at radius 2 is 1.62 bits per heavy atom. The minimum Gasteiger partial charge on any atom is -1.00 e. The van der Waals surface area contributed by atoms with Gasteiger partial charge in [-0.05, 0) is 17.5 Å². The molecule has 3 aromatic carbocycles. The van der Waals surface area contributed by atoms with Crippen molar-refractivity contribution >= 4 is 3.21 Å². The van der Waals surface area contributed by atoms with Gasteiger partial charge in [-0.1, -0.05) is 24.3 Å². The summed E-state index contributed by atoms with van der Waals surface area (Å²) in [6, 6.07) is 25.7. The minimum atomic E-state index is 0. The summed E-state index contributed by atoms with van der Waals surface area (Å²) < 4.78 is 6.84. The first-order valence-corrected chi connectivity index (χ1v) is 9.20. The molecule has 26 heavy (non-hydrogen) atoms. The van der Waals surface area contributed by atoms with Gasteiger partial charge in [0.15, 0.2) is 0 Å². The third kappa shape index (κ3) is 7.27. The van der Waals surface area contributed by atoms with Crippen molar-refractivity contribution in [1.29, 1.82) is 0 Å². The molecule has 0 spiro atoms. The van der Waals surface area contributed by atoms with E-state index in [2.05, 4.69) is 50.2 Å². The first-order chi connectivity index (χ1) is 11.6. The van der Waals surface area contributed by atoms with Gasteiger partial charge in [0.25, 0.3) is 0 Å². The van der Waals surface area contributed by atoms with E-state index in [0.717, 1.165) is 12.2 Å². The van der Waals surface area contributed by atoms with Crippen molar-refractivity contribution in [2.24, 2.45) is 0 Å². The van der Waals surface area contributed by atoms with Gasteiger partial charge in [-0.3, -0.25) is 0 Å². The molecule has 4 heteroatoms. The van der Waals surface area contributed by atoms with Crippen LogP contribution in [0.1, 0.15) is 25.0 Å². The van der Waals surface area contributed by atoms with Crippen LogP contribution in [0.15, 0.2) is 66.7 Å². The van der Waals surface area contributed by atoms with Gasteiger partial charge in [0, 0.05) is 5.75 Å². The molecule has 0 bridgehead atoms. The van der Waals surface area contributed by atoms with Gasteiger partial charge < -0.3 is 29.6 Å². The van der Waals surface area contributed by atoms with Gasteiger partial charge in [-0.25, -0.2) is 12.1 Å². The molecule has 0 saturated carbocycles. The predicted molar refractivity (Wildman–Crippen MR) is 98.5 cm³/mol. The summed E-state index contributed by atoms with van der Waals surface area (Å²) in [4.78, 5) is 0. The van der Waals surface area contributed by atoms with Crippen LogP contribution in [-0.2, 0) is 30.7 Å². The summed E-state index contributed by atoms with van der Waals surface area (Å²) in [7, 11) is 1.70. The van der Waals surface area contributed by atoms with E-state index < -0.39 is 0 Å². The fourth-order valence-corrected chi connectivity index (χ4v) is 2.57. The Morgan fingerprint density at radius 1 is 1.00 bits per heavy atom. The predicted octanol–water partition coefficient (Wildman–Crippen LogP) is -0.775. The second-order valence-electron chi connectivity index (χ2n) is 5.70. The van der Waals surface area contributed by atoms with Crippen molar-refractivity contribution in [1.82, 2.24) is 0 Å². The van der Waals surface area contributed by atoms with Crippen molar-refractivity contribution < 1.29 is 53.8 Å². The zero-order valence-corrected chi connectivity index (χ0v) is 19.2. The SMILES string of the molecule is COc1[c-]ccc2c1Cc1ccccc1-2.C[C](C)=[Zr+2].[Cl-].[Cl-].c1cc[cH-]c1. The fourth-order valence-electron chi connectivity index (χ4n) is 2.57. The van der Waals surface area contributed by atoms with Crippen LogP contribution in [0.5, 0.6) is 5.75 Å². The molecule has 3 aromatic rings. The number of hydrogen-bond acceptors (Lipinski definition) is 1. The molecule has 0 aromatic heterocycles. The smallest absolute Gasteiger partial charge is 0.172 e. The van der Waals surface area contributed by atoms with E-state index >= 15 is 0 Å². The van der Waals surface area contributed by atoms with Crippen LogP contribution in [0.2, 0.25) is 0 Å². The van der Waals surface area contributed by atoms with Crippen molar-refractivity contribution in [2.75, 3.05) is 7.11 Å². The van der Waals surface area contributed by atoms with Crippen LogP contribution in [0.3, 0.4) is 0 Å². The summed E-state index contributed by atoms with van der Waals surface area (Å²) in [6.07, 6.45) is 0.964. The minimum absolute atomic E-state index is 0. The summed E-state index contributed by atoms with van der Waals surface area (Å²) in [5.74, 6) is 0.878. The van der Waals surface area contributed by atoms with Gasteiger partial charge in [0.05, 0.1) is 7.11 Å². The standard InChI is InChI=1S/C14H11O.C5H5.C3H6.2ClH.Zr/c1-15-14-8-4-7-12-11-6-3-2-5-10(11)9-13(12)14;1-2-4-5-3-1;1-3-2;;;/h2-7H,9H2,1H3;1-5H;1-2H3;2*1H;/q2*-1;;;;+2/p-2. The summed E-state index contributed by atoms with van der Waals surface area (Å²) >= 11 is 1.55. The Kier molecular flexibility index (Phi) is 12.6. The molecule has 0 heterocycles. The Hall–Kier alpha value is -1.08. The van der Waals surface area contributed by atoms with Gasteiger partial charge in [-0.2, -0.15) is 30.3 Å². The molecular weight excluding hydrogens is 442 g/mol. The normalized spacial score (nSPS) is 9.58. The molecule has 1 aliphatic rings. The molecule has 0 aliphatic heterocycles. The first-order valence-electron chi connectivity index (χ1n) is 7.97. The molecule has 0 radical (unpaired) electrons. The maximum Gasteiger partial charge on any atom is -0.172 e. The van der Waals surface area contributed by atoms with Crippen molar-refractivity contribution in [3.63, 3.8) is 0 Å². The molecule has 136 valence electrons. The number of ether oxygens (including phenoxy) is 1. The van der Waals surface area contributed by atoms with Crippen molar-refractivity contribution in [3.8, 4) is 16.9 Å². The average Bonchev–Trinajstić information content (AvgIpc) is 3.25. The molecule has 0 N–H and O–H groups in total. The third-order valence-corrected chi connectivity index (χ3v) is 3.50. The Balaban J connectivity index is 0.000000480. The second kappa shape index (κ2) is 13.1. The topological polar surface area (TPSA) is 9.23 Å². The Labute approximate surface area is 184 Å². The first kappa shape index (κ1) is 24.9. The van der Waals surface area contributed by atoms with E-state index in [9.17, 15) is 0 Å². The van der Waals surface area contributed by atoms with Gasteiger partial charge in [0.1, 0.15) is 0 Å². The summed E-state index contributed by atoms with van der Waals surface area (Å²) in [5, 5.41) is 0. The molecular formula is C22H22Cl2OZr-2. The number of rotatable bonds is 1. The zero-order chi connectivity index (χ0) is 17.4. The van der Waals surface area contributed by atoms with Crippen molar-refractivity contribution in [3.05, 3.63) is 83.9 Å². The fraction of sp³-hybridized carbons (Fsp3) is 0.182. The van der Waals surface area contributed by atoms with Crippen LogP contribution in [0, 0.1) is 6.07 Å². The third-order valence-electron chi connectivity index (χ3n) is 3.50. The zero-order valence-electron chi connectivity index (χ0n) is 15.2. The maximum atomic E-state index is 5.33. The average molecular weight is 465 g/mol. The summed E-state index contributed by atoms with van der Waals surface area (Å²) in [6.45, 7) is 4.25. The van der Waals surface area contributed by atoms with Gasteiger partial charge in [-0.15, -0.1) is 17.2 Å². The number of hydrogen-bond donors (Lipinski definition) is 0. The molecule has 1 nitrogen and oxygen atoms in total. The number of benzene rings is 2. The Bertz CT molecular complexity index is 761. The van der Waals surface area contributed by atoms with Crippen molar-refractivity contribution in [2.45, 2.75) is 20.3 Å². The van der Waals surface area contributed by atoms with E-state index in [1.54, 1.807) is 31.3 Å². The van der Waals surface area contributed by atoms with E-state index in [1.807, 2.05) is 36.4 Å².